The van der Waals surface area contributed by atoms with Gasteiger partial charge in [-0.05, 0) is 38.2 Å². The highest BCUT2D eigenvalue weighted by Gasteiger charge is 2.21. The predicted octanol–water partition coefficient (Wildman–Crippen LogP) is 4.13. The second-order valence-electron chi connectivity index (χ2n) is 4.52. The van der Waals surface area contributed by atoms with Gasteiger partial charge in [-0.15, -0.1) is 0 Å². The van der Waals surface area contributed by atoms with Crippen LogP contribution in [0.25, 0.3) is 11.3 Å². The third-order valence-electron chi connectivity index (χ3n) is 3.46. The lowest BCUT2D eigenvalue weighted by molar-refractivity contribution is 0.543. The number of rotatable bonds is 1. The van der Waals surface area contributed by atoms with Gasteiger partial charge in [0.05, 0.1) is 0 Å². The van der Waals surface area contributed by atoms with Gasteiger partial charge < -0.3 is 4.42 Å². The molecule has 0 fully saturated rings. The number of furan rings is 1. The minimum absolute atomic E-state index is 1.10. The monoisotopic (exact) mass is 212 g/mol. The van der Waals surface area contributed by atoms with Gasteiger partial charge in [0.25, 0.3) is 0 Å². The van der Waals surface area contributed by atoms with E-state index in [1.165, 1.54) is 42.4 Å². The topological polar surface area (TPSA) is 13.1 Å². The normalized spacial score (nSPS) is 14.8. The average molecular weight is 212 g/mol. The number of aryl methyl sites for hydroxylation is 1. The van der Waals surface area contributed by atoms with Crippen molar-refractivity contribution in [2.45, 2.75) is 32.6 Å². The molecule has 82 valence electrons. The molecule has 1 aromatic carbocycles. The van der Waals surface area contributed by atoms with Crippen LogP contribution in [0.15, 0.2) is 34.7 Å². The largest absolute Gasteiger partial charge is 0.461 e. The van der Waals surface area contributed by atoms with Crippen molar-refractivity contribution in [2.75, 3.05) is 0 Å². The van der Waals surface area contributed by atoms with Gasteiger partial charge in [-0.25, -0.2) is 0 Å². The summed E-state index contributed by atoms with van der Waals surface area (Å²) < 4.78 is 5.95. The Hall–Kier alpha value is -1.50. The maximum atomic E-state index is 5.95. The molecule has 0 saturated heterocycles. The van der Waals surface area contributed by atoms with Crippen LogP contribution in [0.3, 0.4) is 0 Å². The van der Waals surface area contributed by atoms with Crippen molar-refractivity contribution in [3.8, 4) is 11.3 Å². The summed E-state index contributed by atoms with van der Waals surface area (Å²) in [5.41, 5.74) is 4.13. The molecule has 1 aliphatic carbocycles. The first-order chi connectivity index (χ1) is 7.86. The molecule has 0 atom stereocenters. The fourth-order valence-electron chi connectivity index (χ4n) is 2.64. The Morgan fingerprint density at radius 1 is 0.938 bits per heavy atom. The van der Waals surface area contributed by atoms with E-state index in [2.05, 4.69) is 31.2 Å². The summed E-state index contributed by atoms with van der Waals surface area (Å²) in [4.78, 5) is 0. The van der Waals surface area contributed by atoms with Crippen LogP contribution in [0.4, 0.5) is 0 Å². The quantitative estimate of drug-likeness (QED) is 0.692. The molecule has 0 saturated carbocycles. The Kier molecular flexibility index (Phi) is 2.32. The highest BCUT2D eigenvalue weighted by atomic mass is 16.3. The zero-order valence-corrected chi connectivity index (χ0v) is 9.62. The van der Waals surface area contributed by atoms with Crippen molar-refractivity contribution in [1.29, 1.82) is 0 Å². The van der Waals surface area contributed by atoms with Gasteiger partial charge in [-0.2, -0.15) is 0 Å². The van der Waals surface area contributed by atoms with Gasteiger partial charge in [-0.3, -0.25) is 0 Å². The zero-order valence-electron chi connectivity index (χ0n) is 9.62. The Bertz CT molecular complexity index is 494. The second kappa shape index (κ2) is 3.82. The molecule has 1 nitrogen and oxygen atoms in total. The molecule has 16 heavy (non-hydrogen) atoms. The minimum Gasteiger partial charge on any atom is -0.461 e. The van der Waals surface area contributed by atoms with Crippen LogP contribution in [-0.2, 0) is 12.8 Å². The van der Waals surface area contributed by atoms with Crippen molar-refractivity contribution in [2.24, 2.45) is 0 Å². The molecule has 0 aliphatic heterocycles. The summed E-state index contributed by atoms with van der Waals surface area (Å²) >= 11 is 0. The molecule has 1 heterocycles. The van der Waals surface area contributed by atoms with Crippen LogP contribution in [0.1, 0.15) is 29.7 Å². The summed E-state index contributed by atoms with van der Waals surface area (Å²) in [6.07, 6.45) is 4.97. The maximum absolute atomic E-state index is 5.95. The summed E-state index contributed by atoms with van der Waals surface area (Å²) in [6, 6.07) is 10.5. The van der Waals surface area contributed by atoms with Gasteiger partial charge in [0.15, 0.2) is 0 Å². The van der Waals surface area contributed by atoms with Crippen molar-refractivity contribution < 1.29 is 4.42 Å². The molecule has 0 amide bonds. The molecular weight excluding hydrogens is 196 g/mol. The van der Waals surface area contributed by atoms with E-state index in [9.17, 15) is 0 Å². The van der Waals surface area contributed by atoms with Gasteiger partial charge in [0.2, 0.25) is 0 Å². The Morgan fingerprint density at radius 3 is 2.38 bits per heavy atom. The van der Waals surface area contributed by atoms with Crippen molar-refractivity contribution >= 4 is 0 Å². The highest BCUT2D eigenvalue weighted by Crippen LogP contribution is 2.35. The third kappa shape index (κ3) is 1.47. The number of fused-ring (bicyclic) bond motifs is 1. The molecule has 1 aromatic heterocycles. The summed E-state index contributed by atoms with van der Waals surface area (Å²) in [6.45, 7) is 2.09. The van der Waals surface area contributed by atoms with Gasteiger partial charge in [0.1, 0.15) is 11.5 Å². The second-order valence-corrected chi connectivity index (χ2v) is 4.52. The van der Waals surface area contributed by atoms with E-state index in [1.54, 1.807) is 0 Å². The van der Waals surface area contributed by atoms with Crippen LogP contribution >= 0.6 is 0 Å². The average Bonchev–Trinajstić information content (AvgIpc) is 2.69. The minimum atomic E-state index is 1.10. The smallest absolute Gasteiger partial charge is 0.137 e. The zero-order chi connectivity index (χ0) is 11.0. The maximum Gasteiger partial charge on any atom is 0.137 e. The van der Waals surface area contributed by atoms with Crippen LogP contribution in [0, 0.1) is 6.92 Å². The highest BCUT2D eigenvalue weighted by molar-refractivity contribution is 5.64. The summed E-state index contributed by atoms with van der Waals surface area (Å²) in [7, 11) is 0. The SMILES string of the molecule is Cc1oc(-c2ccccc2)c2c1CCCC2. The number of hydrogen-bond donors (Lipinski definition) is 0. The Labute approximate surface area is 96.1 Å². The van der Waals surface area contributed by atoms with E-state index < -0.39 is 0 Å². The van der Waals surface area contributed by atoms with E-state index >= 15 is 0 Å². The lowest BCUT2D eigenvalue weighted by Crippen LogP contribution is -2.01. The molecule has 0 radical (unpaired) electrons. The first-order valence-corrected chi connectivity index (χ1v) is 6.03. The van der Waals surface area contributed by atoms with E-state index in [0.717, 1.165) is 11.5 Å². The summed E-state index contributed by atoms with van der Waals surface area (Å²) in [5.74, 6) is 2.22. The van der Waals surface area contributed by atoms with Crippen molar-refractivity contribution in [3.05, 3.63) is 47.2 Å². The fraction of sp³-hybridized carbons (Fsp3) is 0.333. The van der Waals surface area contributed by atoms with E-state index in [1.807, 2.05) is 6.07 Å². The standard InChI is InChI=1S/C15H16O/c1-11-13-9-5-6-10-14(13)15(16-11)12-7-3-2-4-8-12/h2-4,7-8H,5-6,9-10H2,1H3. The van der Waals surface area contributed by atoms with Crippen molar-refractivity contribution in [1.82, 2.24) is 0 Å². The van der Waals surface area contributed by atoms with E-state index in [4.69, 9.17) is 4.42 Å². The molecule has 2 aromatic rings. The molecule has 0 N–H and O–H groups in total. The molecule has 1 heteroatoms. The van der Waals surface area contributed by atoms with Crippen LogP contribution in [-0.4, -0.2) is 0 Å². The molecule has 0 spiro atoms. The molecule has 3 rings (SSSR count). The van der Waals surface area contributed by atoms with Gasteiger partial charge >= 0.3 is 0 Å². The summed E-state index contributed by atoms with van der Waals surface area (Å²) in [5, 5.41) is 0. The first-order valence-electron chi connectivity index (χ1n) is 6.03. The van der Waals surface area contributed by atoms with Crippen LogP contribution in [0.2, 0.25) is 0 Å². The van der Waals surface area contributed by atoms with Gasteiger partial charge in [0, 0.05) is 11.1 Å². The molecule has 1 aliphatic rings. The van der Waals surface area contributed by atoms with E-state index in [0.29, 0.717) is 0 Å². The molecular formula is C15H16O. The third-order valence-corrected chi connectivity index (χ3v) is 3.46. The molecule has 0 unspecified atom stereocenters. The lowest BCUT2D eigenvalue weighted by atomic mass is 9.91. The first kappa shape index (κ1) is 9.71. The van der Waals surface area contributed by atoms with Crippen LogP contribution in [0.5, 0.6) is 0 Å². The van der Waals surface area contributed by atoms with E-state index in [-0.39, 0.29) is 0 Å². The van der Waals surface area contributed by atoms with Gasteiger partial charge in [-0.1, -0.05) is 30.3 Å². The lowest BCUT2D eigenvalue weighted by Gasteiger charge is -2.11. The molecule has 0 bridgehead atoms. The number of hydrogen-bond acceptors (Lipinski definition) is 1. The van der Waals surface area contributed by atoms with Crippen molar-refractivity contribution in [3.63, 3.8) is 0 Å². The Balaban J connectivity index is 2.15. The number of benzene rings is 1. The van der Waals surface area contributed by atoms with Crippen LogP contribution < -0.4 is 0 Å². The predicted molar refractivity (Wildman–Crippen MR) is 65.5 cm³/mol. The fourth-order valence-corrected chi connectivity index (χ4v) is 2.64. The Morgan fingerprint density at radius 2 is 1.62 bits per heavy atom.